The molecule has 0 spiro atoms. The van der Waals surface area contributed by atoms with E-state index < -0.39 is 0 Å². The predicted molar refractivity (Wildman–Crippen MR) is 123 cm³/mol. The van der Waals surface area contributed by atoms with Crippen molar-refractivity contribution < 1.29 is 19.0 Å². The summed E-state index contributed by atoms with van der Waals surface area (Å²) in [5.41, 5.74) is 2.01. The van der Waals surface area contributed by atoms with Crippen molar-refractivity contribution in [3.05, 3.63) is 66.2 Å². The zero-order chi connectivity index (χ0) is 23.0. The van der Waals surface area contributed by atoms with E-state index in [0.717, 1.165) is 5.56 Å². The van der Waals surface area contributed by atoms with Crippen LogP contribution in [-0.2, 0) is 0 Å². The van der Waals surface area contributed by atoms with Crippen molar-refractivity contribution in [2.24, 2.45) is 0 Å². The van der Waals surface area contributed by atoms with Gasteiger partial charge in [0.1, 0.15) is 6.61 Å². The molecule has 0 fully saturated rings. The molecule has 0 bridgehead atoms. The Hall–Kier alpha value is -4.14. The van der Waals surface area contributed by atoms with Crippen LogP contribution in [0.15, 0.2) is 60.7 Å². The third-order valence-electron chi connectivity index (χ3n) is 4.71. The Bertz CT molecular complexity index is 1230. The molecule has 0 aliphatic carbocycles. The second kappa shape index (κ2) is 10.4. The smallest absolute Gasteiger partial charge is 0.251 e. The Balaban J connectivity index is 1.36. The first-order valence-corrected chi connectivity index (χ1v) is 10.8. The van der Waals surface area contributed by atoms with Crippen LogP contribution in [0.2, 0.25) is 0 Å². The van der Waals surface area contributed by atoms with Gasteiger partial charge >= 0.3 is 0 Å². The van der Waals surface area contributed by atoms with E-state index in [1.54, 1.807) is 34.8 Å². The van der Waals surface area contributed by atoms with Crippen molar-refractivity contribution in [3.63, 3.8) is 0 Å². The number of fused-ring (bicyclic) bond motifs is 1. The summed E-state index contributed by atoms with van der Waals surface area (Å²) in [5, 5.41) is 15.7. The summed E-state index contributed by atoms with van der Waals surface area (Å²) in [5.74, 6) is 1.98. The van der Waals surface area contributed by atoms with Crippen LogP contribution < -0.4 is 19.5 Å². The maximum atomic E-state index is 12.5. The number of carbonyl (C=O) groups is 1. The number of nitrogens with one attached hydrogen (secondary N) is 1. The highest BCUT2D eigenvalue weighted by atomic mass is 16.5. The summed E-state index contributed by atoms with van der Waals surface area (Å²) >= 11 is 0. The molecule has 33 heavy (non-hydrogen) atoms. The summed E-state index contributed by atoms with van der Waals surface area (Å²) < 4.78 is 18.5. The first-order chi connectivity index (χ1) is 16.2. The molecule has 0 aliphatic rings. The quantitative estimate of drug-likeness (QED) is 0.372. The maximum Gasteiger partial charge on any atom is 0.251 e. The van der Waals surface area contributed by atoms with Gasteiger partial charge in [0, 0.05) is 17.2 Å². The number of carbonyl (C=O) groups excluding carboxylic acids is 1. The summed E-state index contributed by atoms with van der Waals surface area (Å²) in [4.78, 5) is 12.5. The number of hydrogen-bond acceptors (Lipinski definition) is 7. The van der Waals surface area contributed by atoms with E-state index in [0.29, 0.717) is 54.2 Å². The number of hydrogen-bond donors (Lipinski definition) is 1. The van der Waals surface area contributed by atoms with Gasteiger partial charge < -0.3 is 19.5 Å². The molecular weight excluding hydrogens is 422 g/mol. The van der Waals surface area contributed by atoms with Gasteiger partial charge in [-0.05, 0) is 38.1 Å². The Kier molecular flexibility index (Phi) is 6.99. The van der Waals surface area contributed by atoms with Crippen LogP contribution in [0.25, 0.3) is 17.0 Å². The van der Waals surface area contributed by atoms with E-state index >= 15 is 0 Å². The lowest BCUT2D eigenvalue weighted by molar-refractivity contribution is 0.0946. The number of benzene rings is 2. The summed E-state index contributed by atoms with van der Waals surface area (Å²) in [6.07, 6.45) is 0. The van der Waals surface area contributed by atoms with Gasteiger partial charge in [-0.3, -0.25) is 4.79 Å². The minimum atomic E-state index is -0.226. The fourth-order valence-corrected chi connectivity index (χ4v) is 3.23. The molecule has 0 aliphatic heterocycles. The molecule has 1 N–H and O–H groups in total. The Morgan fingerprint density at radius 3 is 2.48 bits per heavy atom. The van der Waals surface area contributed by atoms with Crippen molar-refractivity contribution >= 4 is 11.6 Å². The van der Waals surface area contributed by atoms with Crippen LogP contribution >= 0.6 is 0 Å². The van der Waals surface area contributed by atoms with E-state index in [4.69, 9.17) is 14.2 Å². The lowest BCUT2D eigenvalue weighted by Gasteiger charge is -2.12. The van der Waals surface area contributed by atoms with Gasteiger partial charge in [-0.15, -0.1) is 15.3 Å². The molecule has 9 nitrogen and oxygen atoms in total. The second-order valence-electron chi connectivity index (χ2n) is 6.96. The van der Waals surface area contributed by atoms with E-state index in [2.05, 4.69) is 20.6 Å². The van der Waals surface area contributed by atoms with Gasteiger partial charge in [-0.2, -0.15) is 4.52 Å². The molecule has 1 amide bonds. The lowest BCUT2D eigenvalue weighted by atomic mass is 10.2. The summed E-state index contributed by atoms with van der Waals surface area (Å²) in [7, 11) is 0. The van der Waals surface area contributed by atoms with Crippen LogP contribution in [0, 0.1) is 0 Å². The Labute approximate surface area is 191 Å². The minimum Gasteiger partial charge on any atom is -0.490 e. The number of rotatable bonds is 10. The minimum absolute atomic E-state index is 0.226. The van der Waals surface area contributed by atoms with Gasteiger partial charge in [0.05, 0.1) is 19.8 Å². The predicted octanol–water partition coefficient (Wildman–Crippen LogP) is 3.40. The normalized spacial score (nSPS) is 10.7. The zero-order valence-corrected chi connectivity index (χ0v) is 18.5. The Morgan fingerprint density at radius 2 is 1.70 bits per heavy atom. The molecular formula is C24H25N5O4. The number of amides is 1. The van der Waals surface area contributed by atoms with Gasteiger partial charge in [-0.1, -0.05) is 30.3 Å². The first kappa shape index (κ1) is 22.1. The molecule has 2 heterocycles. The third-order valence-corrected chi connectivity index (χ3v) is 4.71. The molecule has 0 saturated heterocycles. The molecule has 2 aromatic carbocycles. The van der Waals surface area contributed by atoms with Gasteiger partial charge in [0.2, 0.25) is 5.88 Å². The molecule has 4 aromatic rings. The molecule has 170 valence electrons. The molecule has 0 atom stereocenters. The topological polar surface area (TPSA) is 99.9 Å². The molecule has 0 radical (unpaired) electrons. The van der Waals surface area contributed by atoms with Crippen LogP contribution in [0.3, 0.4) is 0 Å². The van der Waals surface area contributed by atoms with E-state index in [9.17, 15) is 4.79 Å². The van der Waals surface area contributed by atoms with Gasteiger partial charge in [0.15, 0.2) is 23.0 Å². The summed E-state index contributed by atoms with van der Waals surface area (Å²) in [6, 6.07) is 18.3. The van der Waals surface area contributed by atoms with Crippen LogP contribution in [0.1, 0.15) is 24.2 Å². The highest BCUT2D eigenvalue weighted by Gasteiger charge is 2.12. The van der Waals surface area contributed by atoms with Crippen molar-refractivity contribution in [1.29, 1.82) is 0 Å². The van der Waals surface area contributed by atoms with Crippen LogP contribution in [0.5, 0.6) is 17.4 Å². The van der Waals surface area contributed by atoms with Crippen LogP contribution in [-0.4, -0.2) is 52.1 Å². The second-order valence-corrected chi connectivity index (χ2v) is 6.96. The summed E-state index contributed by atoms with van der Waals surface area (Å²) in [6.45, 7) is 5.34. The average molecular weight is 447 g/mol. The van der Waals surface area contributed by atoms with Crippen molar-refractivity contribution in [2.75, 3.05) is 26.4 Å². The van der Waals surface area contributed by atoms with E-state index in [1.807, 2.05) is 44.2 Å². The molecule has 0 saturated carbocycles. The molecule has 9 heteroatoms. The third kappa shape index (κ3) is 5.20. The SMILES string of the molecule is CCOc1ccc(C(=O)NCCOc2ccc3nnc(-c4ccccc4)n3n2)cc1OCC. The Morgan fingerprint density at radius 1 is 0.909 bits per heavy atom. The van der Waals surface area contributed by atoms with Crippen molar-refractivity contribution in [2.45, 2.75) is 13.8 Å². The molecule has 4 rings (SSSR count). The monoisotopic (exact) mass is 447 g/mol. The number of aromatic nitrogens is 4. The highest BCUT2D eigenvalue weighted by Crippen LogP contribution is 2.28. The largest absolute Gasteiger partial charge is 0.490 e. The lowest BCUT2D eigenvalue weighted by Crippen LogP contribution is -2.28. The van der Waals surface area contributed by atoms with Crippen LogP contribution in [0.4, 0.5) is 0 Å². The van der Waals surface area contributed by atoms with Gasteiger partial charge in [-0.25, -0.2) is 0 Å². The molecule has 0 unspecified atom stereocenters. The maximum absolute atomic E-state index is 12.5. The zero-order valence-electron chi connectivity index (χ0n) is 18.5. The van der Waals surface area contributed by atoms with Crippen molar-refractivity contribution in [1.82, 2.24) is 25.1 Å². The highest BCUT2D eigenvalue weighted by molar-refractivity contribution is 5.94. The number of nitrogens with zero attached hydrogens (tertiary/aromatic N) is 4. The standard InChI is InChI=1S/C24H25N5O4/c1-3-31-19-11-10-18(16-20(19)32-4-2)24(30)25-14-15-33-22-13-12-21-26-27-23(29(21)28-22)17-8-6-5-7-9-17/h5-13,16H,3-4,14-15H2,1-2H3,(H,25,30). The van der Waals surface area contributed by atoms with E-state index in [-0.39, 0.29) is 12.5 Å². The van der Waals surface area contributed by atoms with Crippen molar-refractivity contribution in [3.8, 4) is 28.8 Å². The van der Waals surface area contributed by atoms with E-state index in [1.165, 1.54) is 0 Å². The number of ether oxygens (including phenoxy) is 3. The first-order valence-electron chi connectivity index (χ1n) is 10.8. The fraction of sp³-hybridized carbons (Fsp3) is 0.250. The van der Waals surface area contributed by atoms with Gasteiger partial charge in [0.25, 0.3) is 5.91 Å². The molecule has 2 aromatic heterocycles. The fourth-order valence-electron chi connectivity index (χ4n) is 3.23. The average Bonchev–Trinajstić information content (AvgIpc) is 3.27.